The van der Waals surface area contributed by atoms with Crippen molar-refractivity contribution in [1.82, 2.24) is 15.3 Å². The Labute approximate surface area is 158 Å². The Balaban J connectivity index is 2.14. The average molecular weight is 424 g/mol. The molecule has 0 fully saturated rings. The molecule has 1 aromatic heterocycles. The number of carbonyl (C=O) groups excluding carboxylic acids is 1. The largest absolute Gasteiger partial charge is 0.480 e. The molecule has 6 nitrogen and oxygen atoms in total. The maximum absolute atomic E-state index is 12.5. The molecule has 0 saturated heterocycles. The third-order valence-corrected chi connectivity index (χ3v) is 4.91. The van der Waals surface area contributed by atoms with Crippen LogP contribution in [0.15, 0.2) is 46.2 Å². The number of halogens is 1. The van der Waals surface area contributed by atoms with Crippen LogP contribution in [0.3, 0.4) is 0 Å². The Morgan fingerprint density at radius 3 is 2.68 bits per heavy atom. The normalized spacial score (nSPS) is 11.8. The van der Waals surface area contributed by atoms with Crippen molar-refractivity contribution in [2.45, 2.75) is 31.0 Å². The molecule has 2 N–H and O–H groups in total. The zero-order valence-corrected chi connectivity index (χ0v) is 16.0. The molecule has 1 unspecified atom stereocenters. The van der Waals surface area contributed by atoms with Gasteiger partial charge < -0.3 is 10.4 Å². The number of carboxylic acids is 1. The molecule has 0 spiro atoms. The van der Waals surface area contributed by atoms with Crippen molar-refractivity contribution >= 4 is 39.6 Å². The number of hydrogen-bond acceptors (Lipinski definition) is 5. The van der Waals surface area contributed by atoms with Crippen LogP contribution in [0.4, 0.5) is 0 Å². The van der Waals surface area contributed by atoms with Gasteiger partial charge in [-0.3, -0.25) is 4.79 Å². The van der Waals surface area contributed by atoms with Crippen molar-refractivity contribution in [3.63, 3.8) is 0 Å². The minimum Gasteiger partial charge on any atom is -0.480 e. The lowest BCUT2D eigenvalue weighted by Gasteiger charge is -2.15. The summed E-state index contributed by atoms with van der Waals surface area (Å²) < 4.78 is 0.426. The van der Waals surface area contributed by atoms with Crippen molar-refractivity contribution in [1.29, 1.82) is 0 Å². The van der Waals surface area contributed by atoms with Crippen LogP contribution in [0.5, 0.6) is 0 Å². The van der Waals surface area contributed by atoms with Gasteiger partial charge in [0, 0.05) is 18.4 Å². The highest BCUT2D eigenvalue weighted by molar-refractivity contribution is 9.10. The number of aromatic nitrogens is 2. The second-order valence-corrected chi connectivity index (χ2v) is 7.17. The van der Waals surface area contributed by atoms with Gasteiger partial charge in [0.1, 0.15) is 11.7 Å². The molecule has 1 aromatic carbocycles. The molecule has 2 aromatic rings. The highest BCUT2D eigenvalue weighted by atomic mass is 79.9. The first-order chi connectivity index (χ1) is 12.0. The Bertz CT molecular complexity index is 743. The van der Waals surface area contributed by atoms with Gasteiger partial charge in [-0.05, 0) is 27.9 Å². The Morgan fingerprint density at radius 1 is 1.32 bits per heavy atom. The number of carbonyl (C=O) groups is 2. The van der Waals surface area contributed by atoms with Gasteiger partial charge >= 0.3 is 5.97 Å². The van der Waals surface area contributed by atoms with E-state index < -0.39 is 17.9 Å². The highest BCUT2D eigenvalue weighted by Crippen LogP contribution is 2.19. The molecule has 8 heteroatoms. The second kappa shape index (κ2) is 9.53. The predicted octanol–water partition coefficient (Wildman–Crippen LogP) is 3.17. The molecule has 0 aliphatic rings. The smallest absolute Gasteiger partial charge is 0.326 e. The van der Waals surface area contributed by atoms with Gasteiger partial charge in [0.2, 0.25) is 0 Å². The molecule has 0 aliphatic heterocycles. The minimum atomic E-state index is -1.09. The van der Waals surface area contributed by atoms with Crippen molar-refractivity contribution in [2.75, 3.05) is 5.75 Å². The molecule has 132 valence electrons. The van der Waals surface area contributed by atoms with Gasteiger partial charge in [-0.15, -0.1) is 0 Å². The summed E-state index contributed by atoms with van der Waals surface area (Å²) in [4.78, 5) is 32.4. The van der Waals surface area contributed by atoms with Crippen molar-refractivity contribution in [2.24, 2.45) is 0 Å². The monoisotopic (exact) mass is 423 g/mol. The SMILES string of the molecule is CCCSc1ncc(Br)c(C(=O)NC(Cc2ccccc2)C(=O)O)n1. The quantitative estimate of drug-likeness (QED) is 0.500. The van der Waals surface area contributed by atoms with Crippen molar-refractivity contribution < 1.29 is 14.7 Å². The number of rotatable bonds is 8. The topological polar surface area (TPSA) is 92.2 Å². The minimum absolute atomic E-state index is 0.132. The van der Waals surface area contributed by atoms with Crippen LogP contribution in [0.25, 0.3) is 0 Å². The molecule has 1 atom stereocenters. The van der Waals surface area contributed by atoms with E-state index in [9.17, 15) is 14.7 Å². The summed E-state index contributed by atoms with van der Waals surface area (Å²) in [6, 6.07) is 8.11. The molecule has 2 rings (SSSR count). The number of nitrogens with zero attached hydrogens (tertiary/aromatic N) is 2. The summed E-state index contributed by atoms with van der Waals surface area (Å²) in [6.07, 6.45) is 2.67. The zero-order chi connectivity index (χ0) is 18.2. The number of carboxylic acid groups (broad SMARTS) is 1. The van der Waals surface area contributed by atoms with E-state index in [1.807, 2.05) is 37.3 Å². The van der Waals surface area contributed by atoms with Crippen LogP contribution < -0.4 is 5.32 Å². The van der Waals surface area contributed by atoms with E-state index in [-0.39, 0.29) is 12.1 Å². The molecule has 0 saturated carbocycles. The summed E-state index contributed by atoms with van der Waals surface area (Å²) in [7, 11) is 0. The van der Waals surface area contributed by atoms with Gasteiger partial charge in [0.25, 0.3) is 5.91 Å². The lowest BCUT2D eigenvalue weighted by molar-refractivity contribution is -0.139. The first-order valence-electron chi connectivity index (χ1n) is 7.74. The standard InChI is InChI=1S/C17H18BrN3O3S/c1-2-8-25-17-19-10-12(18)14(21-17)15(22)20-13(16(23)24)9-11-6-4-3-5-7-11/h3-7,10,13H,2,8-9H2,1H3,(H,20,22)(H,23,24). The summed E-state index contributed by atoms with van der Waals surface area (Å²) in [5.74, 6) is -0.798. The molecule has 0 radical (unpaired) electrons. The molecule has 25 heavy (non-hydrogen) atoms. The van der Waals surface area contributed by atoms with Crippen LogP contribution >= 0.6 is 27.7 Å². The lowest BCUT2D eigenvalue weighted by atomic mass is 10.1. The van der Waals surface area contributed by atoms with Crippen molar-refractivity contribution in [3.8, 4) is 0 Å². The summed E-state index contributed by atoms with van der Waals surface area (Å²) in [5.41, 5.74) is 0.962. The number of amides is 1. The zero-order valence-electron chi connectivity index (χ0n) is 13.6. The van der Waals surface area contributed by atoms with Crippen LogP contribution in [-0.4, -0.2) is 38.7 Å². The first-order valence-corrected chi connectivity index (χ1v) is 9.52. The molecule has 0 bridgehead atoms. The number of benzene rings is 1. The summed E-state index contributed by atoms with van der Waals surface area (Å²) >= 11 is 4.70. The van der Waals surface area contributed by atoms with Crippen LogP contribution in [-0.2, 0) is 11.2 Å². The maximum Gasteiger partial charge on any atom is 0.326 e. The van der Waals surface area contributed by atoms with Gasteiger partial charge in [0.05, 0.1) is 4.47 Å². The molecule has 1 amide bonds. The third-order valence-electron chi connectivity index (χ3n) is 3.26. The van der Waals surface area contributed by atoms with Gasteiger partial charge in [0.15, 0.2) is 5.16 Å². The van der Waals surface area contributed by atoms with E-state index >= 15 is 0 Å². The maximum atomic E-state index is 12.5. The van der Waals surface area contributed by atoms with Gasteiger partial charge in [-0.2, -0.15) is 0 Å². The molecular formula is C17H18BrN3O3S. The number of hydrogen-bond donors (Lipinski definition) is 2. The number of aliphatic carboxylic acids is 1. The number of thioether (sulfide) groups is 1. The van der Waals surface area contributed by atoms with E-state index in [0.717, 1.165) is 17.7 Å². The number of nitrogens with one attached hydrogen (secondary N) is 1. The van der Waals surface area contributed by atoms with Crippen LogP contribution in [0.1, 0.15) is 29.4 Å². The molecular weight excluding hydrogens is 406 g/mol. The average Bonchev–Trinajstić information content (AvgIpc) is 2.61. The third kappa shape index (κ3) is 5.82. The summed E-state index contributed by atoms with van der Waals surface area (Å²) in [6.45, 7) is 2.04. The Morgan fingerprint density at radius 2 is 2.04 bits per heavy atom. The van der Waals surface area contributed by atoms with E-state index in [1.165, 1.54) is 18.0 Å². The summed E-state index contributed by atoms with van der Waals surface area (Å²) in [5, 5.41) is 12.4. The molecule has 0 aliphatic carbocycles. The fourth-order valence-electron chi connectivity index (χ4n) is 2.05. The van der Waals surface area contributed by atoms with Gasteiger partial charge in [-0.25, -0.2) is 14.8 Å². The fourth-order valence-corrected chi connectivity index (χ4v) is 3.09. The van der Waals surface area contributed by atoms with E-state index in [0.29, 0.717) is 9.63 Å². The lowest BCUT2D eigenvalue weighted by Crippen LogP contribution is -2.42. The van der Waals surface area contributed by atoms with Crippen LogP contribution in [0, 0.1) is 0 Å². The van der Waals surface area contributed by atoms with E-state index in [2.05, 4.69) is 31.2 Å². The Hall–Kier alpha value is -1.93. The van der Waals surface area contributed by atoms with Gasteiger partial charge in [-0.1, -0.05) is 49.0 Å². The first kappa shape index (κ1) is 19.4. The Kier molecular flexibility index (Phi) is 7.39. The fraction of sp³-hybridized carbons (Fsp3) is 0.294. The van der Waals surface area contributed by atoms with Crippen LogP contribution in [0.2, 0.25) is 0 Å². The van der Waals surface area contributed by atoms with E-state index in [4.69, 9.17) is 0 Å². The molecule has 1 heterocycles. The highest BCUT2D eigenvalue weighted by Gasteiger charge is 2.23. The predicted molar refractivity (Wildman–Crippen MR) is 99.8 cm³/mol. The van der Waals surface area contributed by atoms with E-state index in [1.54, 1.807) is 0 Å². The second-order valence-electron chi connectivity index (χ2n) is 5.25. The van der Waals surface area contributed by atoms with Crippen molar-refractivity contribution in [3.05, 3.63) is 52.3 Å².